The number of carbonyl (C=O) groups excluding carboxylic acids is 1. The van der Waals surface area contributed by atoms with Crippen molar-refractivity contribution in [2.24, 2.45) is 5.73 Å². The zero-order chi connectivity index (χ0) is 16.5. The van der Waals surface area contributed by atoms with E-state index in [9.17, 15) is 10.1 Å². The van der Waals surface area contributed by atoms with Crippen LogP contribution in [0.4, 0.5) is 0 Å². The van der Waals surface area contributed by atoms with Gasteiger partial charge in [-0.1, -0.05) is 13.8 Å². The quantitative estimate of drug-likeness (QED) is 0.914. The van der Waals surface area contributed by atoms with Crippen LogP contribution in [0.15, 0.2) is 0 Å². The number of primary amides is 1. The zero-order valence-electron chi connectivity index (χ0n) is 13.4. The number of hydrogen-bond acceptors (Lipinski definition) is 5. The molecule has 0 radical (unpaired) electrons. The van der Waals surface area contributed by atoms with Gasteiger partial charge in [-0.2, -0.15) is 5.26 Å². The largest absolute Gasteiger partial charge is 0.467 e. The van der Waals surface area contributed by atoms with E-state index in [1.165, 1.54) is 0 Å². The molecule has 0 saturated carbocycles. The Morgan fingerprint density at radius 2 is 2.18 bits per heavy atom. The van der Waals surface area contributed by atoms with E-state index in [1.807, 2.05) is 27.7 Å². The molecule has 1 aliphatic rings. The van der Waals surface area contributed by atoms with Crippen molar-refractivity contribution in [1.82, 2.24) is 4.98 Å². The third-order valence-corrected chi connectivity index (χ3v) is 3.63. The number of carbonyl (C=O) groups is 1. The van der Waals surface area contributed by atoms with Gasteiger partial charge in [0.2, 0.25) is 5.88 Å². The predicted octanol–water partition coefficient (Wildman–Crippen LogP) is 1.79. The van der Waals surface area contributed by atoms with Crippen LogP contribution < -0.4 is 10.5 Å². The van der Waals surface area contributed by atoms with Gasteiger partial charge in [-0.25, -0.2) is 4.98 Å². The Hall–Kier alpha value is -2.13. The van der Waals surface area contributed by atoms with Crippen LogP contribution in [0.2, 0.25) is 0 Å². The molecule has 22 heavy (non-hydrogen) atoms. The summed E-state index contributed by atoms with van der Waals surface area (Å²) in [6, 6.07) is 2.16. The molecule has 0 spiro atoms. The summed E-state index contributed by atoms with van der Waals surface area (Å²) in [5, 5.41) is 9.51. The summed E-state index contributed by atoms with van der Waals surface area (Å²) in [6.45, 7) is 8.14. The molecule has 0 fully saturated rings. The molecule has 1 amide bonds. The predicted molar refractivity (Wildman–Crippen MR) is 80.3 cm³/mol. The highest BCUT2D eigenvalue weighted by molar-refractivity contribution is 5.75. The molecule has 1 aromatic heterocycles. The minimum Gasteiger partial charge on any atom is -0.467 e. The van der Waals surface area contributed by atoms with Crippen molar-refractivity contribution in [3.63, 3.8) is 0 Å². The number of amides is 1. The van der Waals surface area contributed by atoms with Crippen LogP contribution in [0.3, 0.4) is 0 Å². The number of pyridine rings is 1. The van der Waals surface area contributed by atoms with Crippen molar-refractivity contribution >= 4 is 5.91 Å². The van der Waals surface area contributed by atoms with Crippen LogP contribution in [-0.4, -0.2) is 23.1 Å². The molecule has 0 aliphatic carbocycles. The lowest BCUT2D eigenvalue weighted by atomic mass is 9.86. The fourth-order valence-corrected chi connectivity index (χ4v) is 2.60. The summed E-state index contributed by atoms with van der Waals surface area (Å²) in [6.07, 6.45) is 0.598. The summed E-state index contributed by atoms with van der Waals surface area (Å²) in [4.78, 5) is 15.4. The second kappa shape index (κ2) is 5.93. The highest BCUT2D eigenvalue weighted by Gasteiger charge is 2.32. The summed E-state index contributed by atoms with van der Waals surface area (Å²) in [7, 11) is 0. The van der Waals surface area contributed by atoms with Gasteiger partial charge in [0.25, 0.3) is 5.91 Å². The Morgan fingerprint density at radius 3 is 2.73 bits per heavy atom. The molecule has 2 N–H and O–H groups in total. The maximum atomic E-state index is 10.9. The molecule has 0 saturated heterocycles. The zero-order valence-corrected chi connectivity index (χ0v) is 13.4. The molecule has 0 aromatic carbocycles. The first kappa shape index (κ1) is 16.2. The number of fused-ring (bicyclic) bond motifs is 1. The second-order valence-corrected chi connectivity index (χ2v) is 6.38. The van der Waals surface area contributed by atoms with E-state index >= 15 is 0 Å². The van der Waals surface area contributed by atoms with Gasteiger partial charge in [-0.05, 0) is 25.3 Å². The minimum absolute atomic E-state index is 0.155. The summed E-state index contributed by atoms with van der Waals surface area (Å²) >= 11 is 0. The first-order valence-electron chi connectivity index (χ1n) is 7.26. The van der Waals surface area contributed by atoms with Crippen molar-refractivity contribution < 1.29 is 14.3 Å². The van der Waals surface area contributed by atoms with Crippen molar-refractivity contribution in [1.29, 1.82) is 5.26 Å². The fourth-order valence-electron chi connectivity index (χ4n) is 2.60. The smallest absolute Gasteiger partial charge is 0.255 e. The number of nitriles is 1. The SMILES string of the molecule is CC(C)c1nc(OCC(N)=O)c(C#N)c2c1COC(C)(C)C2. The normalized spacial score (nSPS) is 16.0. The topological polar surface area (TPSA) is 98.2 Å². The van der Waals surface area contributed by atoms with Gasteiger partial charge in [0, 0.05) is 12.0 Å². The van der Waals surface area contributed by atoms with Crippen molar-refractivity contribution in [2.45, 2.75) is 52.2 Å². The molecule has 1 aromatic rings. The molecule has 0 atom stereocenters. The van der Waals surface area contributed by atoms with E-state index in [1.54, 1.807) is 0 Å². The average Bonchev–Trinajstić information content (AvgIpc) is 2.42. The fraction of sp³-hybridized carbons (Fsp3) is 0.562. The molecule has 6 nitrogen and oxygen atoms in total. The number of aromatic nitrogens is 1. The van der Waals surface area contributed by atoms with E-state index in [0.717, 1.165) is 16.8 Å². The Balaban J connectivity index is 2.59. The van der Waals surface area contributed by atoms with Crippen LogP contribution >= 0.6 is 0 Å². The van der Waals surface area contributed by atoms with Crippen LogP contribution in [0.1, 0.15) is 56.0 Å². The van der Waals surface area contributed by atoms with E-state index in [2.05, 4.69) is 11.1 Å². The van der Waals surface area contributed by atoms with Crippen molar-refractivity contribution in [3.8, 4) is 11.9 Å². The number of hydrogen-bond donors (Lipinski definition) is 1. The third kappa shape index (κ3) is 3.20. The highest BCUT2D eigenvalue weighted by Crippen LogP contribution is 2.37. The number of nitrogens with zero attached hydrogens (tertiary/aromatic N) is 2. The van der Waals surface area contributed by atoms with Gasteiger partial charge < -0.3 is 15.2 Å². The second-order valence-electron chi connectivity index (χ2n) is 6.38. The van der Waals surface area contributed by atoms with Gasteiger partial charge in [-0.15, -0.1) is 0 Å². The highest BCUT2D eigenvalue weighted by atomic mass is 16.5. The molecule has 0 unspecified atom stereocenters. The molecule has 118 valence electrons. The van der Waals surface area contributed by atoms with Crippen LogP contribution in [-0.2, 0) is 22.6 Å². The maximum absolute atomic E-state index is 10.9. The molecule has 2 rings (SSSR count). The number of rotatable bonds is 4. The van der Waals surface area contributed by atoms with Gasteiger partial charge in [-0.3, -0.25) is 4.79 Å². The van der Waals surface area contributed by atoms with Gasteiger partial charge in [0.1, 0.15) is 11.6 Å². The minimum atomic E-state index is -0.599. The molecule has 6 heteroatoms. The monoisotopic (exact) mass is 303 g/mol. The summed E-state index contributed by atoms with van der Waals surface area (Å²) < 4.78 is 11.2. The maximum Gasteiger partial charge on any atom is 0.255 e. The van der Waals surface area contributed by atoms with Crippen LogP contribution in [0.5, 0.6) is 5.88 Å². The van der Waals surface area contributed by atoms with Crippen LogP contribution in [0, 0.1) is 11.3 Å². The van der Waals surface area contributed by atoms with E-state index < -0.39 is 5.91 Å². The molecule has 0 bridgehead atoms. The summed E-state index contributed by atoms with van der Waals surface area (Å²) in [5.41, 5.74) is 7.83. The molecular formula is C16H21N3O3. The average molecular weight is 303 g/mol. The summed E-state index contributed by atoms with van der Waals surface area (Å²) in [5.74, 6) is -0.262. The molecule has 2 heterocycles. The number of nitrogens with two attached hydrogens (primary N) is 1. The van der Waals surface area contributed by atoms with E-state index in [0.29, 0.717) is 18.6 Å². The number of ether oxygens (including phenoxy) is 2. The lowest BCUT2D eigenvalue weighted by Crippen LogP contribution is -2.33. The van der Waals surface area contributed by atoms with Crippen molar-refractivity contribution in [2.75, 3.05) is 6.61 Å². The van der Waals surface area contributed by atoms with Gasteiger partial charge in [0.05, 0.1) is 17.9 Å². The van der Waals surface area contributed by atoms with Crippen LogP contribution in [0.25, 0.3) is 0 Å². The van der Waals surface area contributed by atoms with Gasteiger partial charge >= 0.3 is 0 Å². The first-order chi connectivity index (χ1) is 10.2. The Labute approximate surface area is 130 Å². The van der Waals surface area contributed by atoms with Gasteiger partial charge in [0.15, 0.2) is 6.61 Å². The Bertz CT molecular complexity index is 645. The molecule has 1 aliphatic heterocycles. The molecular weight excluding hydrogens is 282 g/mol. The van der Waals surface area contributed by atoms with E-state index in [4.69, 9.17) is 15.2 Å². The Morgan fingerprint density at radius 1 is 1.50 bits per heavy atom. The van der Waals surface area contributed by atoms with Crippen molar-refractivity contribution in [3.05, 3.63) is 22.4 Å². The third-order valence-electron chi connectivity index (χ3n) is 3.63. The lowest BCUT2D eigenvalue weighted by molar-refractivity contribution is -0.120. The van der Waals surface area contributed by atoms with E-state index in [-0.39, 0.29) is 24.0 Å². The lowest BCUT2D eigenvalue weighted by Gasteiger charge is -2.34. The Kier molecular flexibility index (Phi) is 4.38. The first-order valence-corrected chi connectivity index (χ1v) is 7.26. The standard InChI is InChI=1S/C16H21N3O3/c1-9(2)14-12-7-22-16(3,4)5-10(12)11(6-17)15(19-14)21-8-13(18)20/h9H,5,7-8H2,1-4H3,(H2,18,20).